The van der Waals surface area contributed by atoms with E-state index in [9.17, 15) is 13.2 Å². The molecule has 1 aromatic heterocycles. The van der Waals surface area contributed by atoms with Gasteiger partial charge in [-0.3, -0.25) is 9.69 Å². The van der Waals surface area contributed by atoms with Gasteiger partial charge < -0.3 is 4.90 Å². The Labute approximate surface area is 194 Å². The number of amides is 1. The van der Waals surface area contributed by atoms with Gasteiger partial charge in [-0.05, 0) is 64.5 Å². The number of nitrogens with zero attached hydrogens (tertiary/aromatic N) is 3. The maximum absolute atomic E-state index is 13.1. The van der Waals surface area contributed by atoms with Crippen molar-refractivity contribution in [3.8, 4) is 0 Å². The summed E-state index contributed by atoms with van der Waals surface area (Å²) in [6, 6.07) is 10.9. The van der Waals surface area contributed by atoms with E-state index >= 15 is 0 Å². The Morgan fingerprint density at radius 3 is 2.25 bits per heavy atom. The molecule has 3 rings (SSSR count). The second-order valence-electron chi connectivity index (χ2n) is 8.46. The molecule has 0 N–H and O–H groups in total. The van der Waals surface area contributed by atoms with Crippen LogP contribution in [0.25, 0.3) is 10.2 Å². The van der Waals surface area contributed by atoms with E-state index in [1.165, 1.54) is 11.3 Å². The summed E-state index contributed by atoms with van der Waals surface area (Å²) in [5.74, 6) is -0.151. The van der Waals surface area contributed by atoms with E-state index in [0.717, 1.165) is 26.9 Å². The number of carbonyl (C=O) groups is 1. The molecule has 0 unspecified atom stereocenters. The van der Waals surface area contributed by atoms with Crippen molar-refractivity contribution < 1.29 is 13.2 Å². The lowest BCUT2D eigenvalue weighted by Crippen LogP contribution is -2.36. The summed E-state index contributed by atoms with van der Waals surface area (Å²) < 4.78 is 26.3. The normalized spacial score (nSPS) is 11.9. The van der Waals surface area contributed by atoms with Crippen molar-refractivity contribution in [1.29, 1.82) is 0 Å². The maximum atomic E-state index is 13.1. The van der Waals surface area contributed by atoms with Gasteiger partial charge in [0.25, 0.3) is 0 Å². The molecule has 1 amide bonds. The SMILES string of the molecule is Cc1ccc(S(=O)(=O)CCCC(=O)N(CCN(C)C)c2nc3c(C)ccc(C)c3s2)cc1. The molecular weight excluding hydrogens is 442 g/mol. The van der Waals surface area contributed by atoms with Crippen LogP contribution in [0.1, 0.15) is 29.5 Å². The number of hydrogen-bond acceptors (Lipinski definition) is 6. The third kappa shape index (κ3) is 5.74. The van der Waals surface area contributed by atoms with E-state index in [1.807, 2.05) is 45.8 Å². The number of sulfone groups is 1. The molecule has 0 bridgehead atoms. The first-order valence-electron chi connectivity index (χ1n) is 10.7. The summed E-state index contributed by atoms with van der Waals surface area (Å²) >= 11 is 1.52. The summed E-state index contributed by atoms with van der Waals surface area (Å²) in [7, 11) is 0.511. The predicted molar refractivity (Wildman–Crippen MR) is 132 cm³/mol. The molecule has 2 aromatic carbocycles. The molecule has 6 nitrogen and oxygen atoms in total. The van der Waals surface area contributed by atoms with Gasteiger partial charge in [0.05, 0.1) is 20.9 Å². The quantitative estimate of drug-likeness (QED) is 0.462. The highest BCUT2D eigenvalue weighted by molar-refractivity contribution is 7.91. The molecule has 172 valence electrons. The number of aromatic nitrogens is 1. The lowest BCUT2D eigenvalue weighted by Gasteiger charge is -2.22. The number of carbonyl (C=O) groups excluding carboxylic acids is 1. The van der Waals surface area contributed by atoms with Crippen molar-refractivity contribution >= 4 is 42.4 Å². The Kier molecular flexibility index (Phi) is 7.69. The summed E-state index contributed by atoms with van der Waals surface area (Å²) in [4.78, 5) is 22.0. The zero-order chi connectivity index (χ0) is 23.5. The van der Waals surface area contributed by atoms with Crippen LogP contribution in [-0.4, -0.2) is 57.1 Å². The van der Waals surface area contributed by atoms with Crippen molar-refractivity contribution in [2.24, 2.45) is 0 Å². The van der Waals surface area contributed by atoms with Crippen LogP contribution in [-0.2, 0) is 14.6 Å². The molecule has 0 aliphatic rings. The second kappa shape index (κ2) is 10.1. The molecule has 1 heterocycles. The van der Waals surface area contributed by atoms with E-state index in [1.54, 1.807) is 29.2 Å². The second-order valence-corrected chi connectivity index (χ2v) is 11.5. The van der Waals surface area contributed by atoms with Gasteiger partial charge in [-0.15, -0.1) is 0 Å². The summed E-state index contributed by atoms with van der Waals surface area (Å²) in [6.07, 6.45) is 0.433. The van der Waals surface area contributed by atoms with Crippen LogP contribution >= 0.6 is 11.3 Å². The third-order valence-corrected chi connectivity index (χ3v) is 8.45. The van der Waals surface area contributed by atoms with Gasteiger partial charge in [-0.25, -0.2) is 13.4 Å². The average molecular weight is 474 g/mol. The first-order valence-corrected chi connectivity index (χ1v) is 13.2. The van der Waals surface area contributed by atoms with Crippen LogP contribution in [0.4, 0.5) is 5.13 Å². The topological polar surface area (TPSA) is 70.6 Å². The van der Waals surface area contributed by atoms with Gasteiger partial charge in [-0.1, -0.05) is 41.2 Å². The molecule has 0 spiro atoms. The molecule has 0 fully saturated rings. The Balaban J connectivity index is 1.76. The number of benzene rings is 2. The highest BCUT2D eigenvalue weighted by Crippen LogP contribution is 2.33. The van der Waals surface area contributed by atoms with Crippen molar-refractivity contribution in [1.82, 2.24) is 9.88 Å². The highest BCUT2D eigenvalue weighted by atomic mass is 32.2. The Bertz CT molecular complexity index is 1160. The Hall–Kier alpha value is -2.29. The fourth-order valence-corrected chi connectivity index (χ4v) is 5.87. The molecule has 32 heavy (non-hydrogen) atoms. The van der Waals surface area contributed by atoms with E-state index in [-0.39, 0.29) is 24.5 Å². The fraction of sp³-hybridized carbons (Fsp3) is 0.417. The Morgan fingerprint density at radius 1 is 0.969 bits per heavy atom. The summed E-state index contributed by atoms with van der Waals surface area (Å²) in [5.41, 5.74) is 4.16. The average Bonchev–Trinajstić information content (AvgIpc) is 3.17. The molecule has 0 saturated carbocycles. The van der Waals surface area contributed by atoms with Gasteiger partial charge >= 0.3 is 0 Å². The first kappa shape index (κ1) is 24.4. The van der Waals surface area contributed by atoms with Crippen LogP contribution in [0.2, 0.25) is 0 Å². The van der Waals surface area contributed by atoms with Crippen LogP contribution in [0, 0.1) is 20.8 Å². The zero-order valence-corrected chi connectivity index (χ0v) is 21.0. The monoisotopic (exact) mass is 473 g/mol. The molecule has 8 heteroatoms. The minimum atomic E-state index is -3.41. The molecule has 0 aliphatic heterocycles. The first-order chi connectivity index (χ1) is 15.1. The van der Waals surface area contributed by atoms with Crippen molar-refractivity contribution in [3.63, 3.8) is 0 Å². The van der Waals surface area contributed by atoms with Crippen molar-refractivity contribution in [3.05, 3.63) is 53.1 Å². The van der Waals surface area contributed by atoms with Crippen LogP contribution < -0.4 is 4.90 Å². The molecule has 3 aromatic rings. The smallest absolute Gasteiger partial charge is 0.228 e. The Morgan fingerprint density at radius 2 is 1.62 bits per heavy atom. The number of fused-ring (bicyclic) bond motifs is 1. The maximum Gasteiger partial charge on any atom is 0.228 e. The number of hydrogen-bond donors (Lipinski definition) is 0. The molecule has 0 atom stereocenters. The van der Waals surface area contributed by atoms with Crippen LogP contribution in [0.3, 0.4) is 0 Å². The van der Waals surface area contributed by atoms with Crippen LogP contribution in [0.5, 0.6) is 0 Å². The largest absolute Gasteiger partial charge is 0.308 e. The van der Waals surface area contributed by atoms with Gasteiger partial charge in [-0.2, -0.15) is 0 Å². The molecule has 0 radical (unpaired) electrons. The van der Waals surface area contributed by atoms with E-state index < -0.39 is 9.84 Å². The minimum absolute atomic E-state index is 0.0542. The predicted octanol–water partition coefficient (Wildman–Crippen LogP) is 4.37. The molecule has 0 aliphatic carbocycles. The van der Waals surface area contributed by atoms with Crippen molar-refractivity contribution in [2.45, 2.75) is 38.5 Å². The number of thiazole rings is 1. The number of anilines is 1. The van der Waals surface area contributed by atoms with Gasteiger partial charge in [0, 0.05) is 19.5 Å². The van der Waals surface area contributed by atoms with E-state index in [4.69, 9.17) is 4.98 Å². The number of likely N-dealkylation sites (N-methyl/N-ethyl adjacent to an activating group) is 1. The number of aryl methyl sites for hydroxylation is 3. The van der Waals surface area contributed by atoms with Gasteiger partial charge in [0.15, 0.2) is 15.0 Å². The van der Waals surface area contributed by atoms with Crippen LogP contribution in [0.15, 0.2) is 41.3 Å². The number of rotatable bonds is 9. The van der Waals surface area contributed by atoms with E-state index in [2.05, 4.69) is 6.07 Å². The fourth-order valence-electron chi connectivity index (χ4n) is 3.40. The molecular formula is C24H31N3O3S2. The molecule has 0 saturated heterocycles. The van der Waals surface area contributed by atoms with Crippen molar-refractivity contribution in [2.75, 3.05) is 37.8 Å². The summed E-state index contributed by atoms with van der Waals surface area (Å²) in [6.45, 7) is 7.19. The highest BCUT2D eigenvalue weighted by Gasteiger charge is 2.22. The van der Waals surface area contributed by atoms with E-state index in [0.29, 0.717) is 23.1 Å². The van der Waals surface area contributed by atoms with Gasteiger partial charge in [0.1, 0.15) is 0 Å². The lowest BCUT2D eigenvalue weighted by atomic mass is 10.1. The minimum Gasteiger partial charge on any atom is -0.308 e. The van der Waals surface area contributed by atoms with Gasteiger partial charge in [0.2, 0.25) is 5.91 Å². The zero-order valence-electron chi connectivity index (χ0n) is 19.4. The summed E-state index contributed by atoms with van der Waals surface area (Å²) in [5, 5.41) is 0.672. The standard InChI is InChI=1S/C24H31N3O3S2/c1-17-8-12-20(13-9-17)32(29,30)16-6-7-21(28)27(15-14-26(4)5)24-25-22-18(2)10-11-19(3)23(22)31-24/h8-13H,6-7,14-16H2,1-5H3. The lowest BCUT2D eigenvalue weighted by molar-refractivity contribution is -0.118. The third-order valence-electron chi connectivity index (χ3n) is 5.42.